The van der Waals surface area contributed by atoms with Crippen molar-refractivity contribution in [3.63, 3.8) is 0 Å². The zero-order valence-corrected chi connectivity index (χ0v) is 16.7. The highest BCUT2D eigenvalue weighted by Gasteiger charge is 2.35. The Labute approximate surface area is 177 Å². The number of nitriles is 1. The van der Waals surface area contributed by atoms with Gasteiger partial charge in [0.05, 0.1) is 31.0 Å². The van der Waals surface area contributed by atoms with Gasteiger partial charge in [-0.1, -0.05) is 0 Å². The molecule has 2 N–H and O–H groups in total. The van der Waals surface area contributed by atoms with Crippen LogP contribution < -0.4 is 5.32 Å². The number of hydrogen-bond acceptors (Lipinski definition) is 7. The number of hydrogen-bond donors (Lipinski definition) is 2. The zero-order chi connectivity index (χ0) is 21.5. The number of halogens is 2. The minimum atomic E-state index is -0.724. The molecule has 31 heavy (non-hydrogen) atoms. The smallest absolute Gasteiger partial charge is 0.223 e. The van der Waals surface area contributed by atoms with Crippen LogP contribution in [0, 0.1) is 28.9 Å². The highest BCUT2D eigenvalue weighted by atomic mass is 19.1. The van der Waals surface area contributed by atoms with E-state index >= 15 is 0 Å². The van der Waals surface area contributed by atoms with Gasteiger partial charge in [0, 0.05) is 29.7 Å². The molecule has 1 aromatic carbocycles. The third-order valence-electron chi connectivity index (χ3n) is 6.24. The summed E-state index contributed by atoms with van der Waals surface area (Å²) < 4.78 is 34.8. The average Bonchev–Trinajstić information content (AvgIpc) is 3.15. The second-order valence-corrected chi connectivity index (χ2v) is 8.22. The fraction of sp³-hybridized carbons (Fsp3) is 0.455. The zero-order valence-electron chi connectivity index (χ0n) is 16.7. The summed E-state index contributed by atoms with van der Waals surface area (Å²) in [7, 11) is 0. The van der Waals surface area contributed by atoms with Crippen LogP contribution in [-0.2, 0) is 4.74 Å². The molecule has 0 spiro atoms. The number of aliphatic hydroxyl groups is 1. The molecule has 0 bridgehead atoms. The van der Waals surface area contributed by atoms with Crippen LogP contribution in [0.15, 0.2) is 23.3 Å². The normalized spacial score (nSPS) is 27.1. The van der Waals surface area contributed by atoms with Crippen molar-refractivity contribution in [3.8, 4) is 17.3 Å². The van der Waals surface area contributed by atoms with E-state index in [1.165, 1.54) is 6.07 Å². The summed E-state index contributed by atoms with van der Waals surface area (Å²) in [6.07, 6.45) is 2.85. The average molecular weight is 425 g/mol. The summed E-state index contributed by atoms with van der Waals surface area (Å²) in [4.78, 5) is 12.7. The SMILES string of the molecule is N#CC1CCC2=Nc3c(F)cc(-c4nc(N[C@@H]5CCOC[C@H]5O)ncc4F)cc3C2C1. The molecule has 0 radical (unpaired) electrons. The number of nitrogens with zero attached hydrogens (tertiary/aromatic N) is 4. The van der Waals surface area contributed by atoms with Crippen molar-refractivity contribution >= 4 is 17.3 Å². The number of fused-ring (bicyclic) bond motifs is 3. The summed E-state index contributed by atoms with van der Waals surface area (Å²) in [5, 5.41) is 22.4. The van der Waals surface area contributed by atoms with Crippen LogP contribution >= 0.6 is 0 Å². The summed E-state index contributed by atoms with van der Waals surface area (Å²) in [5.74, 6) is -1.27. The van der Waals surface area contributed by atoms with Crippen LogP contribution in [0.3, 0.4) is 0 Å². The molecule has 0 amide bonds. The fourth-order valence-electron chi connectivity index (χ4n) is 4.57. The van der Waals surface area contributed by atoms with Crippen molar-refractivity contribution < 1.29 is 18.6 Å². The van der Waals surface area contributed by atoms with Crippen LogP contribution in [0.25, 0.3) is 11.3 Å². The Morgan fingerprint density at radius 3 is 2.90 bits per heavy atom. The van der Waals surface area contributed by atoms with Gasteiger partial charge in [-0.05, 0) is 43.4 Å². The van der Waals surface area contributed by atoms with E-state index in [4.69, 9.17) is 4.74 Å². The molecule has 1 aliphatic carbocycles. The maximum atomic E-state index is 14.9. The van der Waals surface area contributed by atoms with Gasteiger partial charge in [-0.25, -0.2) is 18.7 Å². The maximum absolute atomic E-state index is 14.9. The van der Waals surface area contributed by atoms with Gasteiger partial charge in [0.1, 0.15) is 17.2 Å². The largest absolute Gasteiger partial charge is 0.389 e. The molecule has 160 valence electrons. The first-order valence-electron chi connectivity index (χ1n) is 10.4. The van der Waals surface area contributed by atoms with Gasteiger partial charge in [0.2, 0.25) is 5.95 Å². The predicted octanol–water partition coefficient (Wildman–Crippen LogP) is 3.48. The third-order valence-corrected chi connectivity index (χ3v) is 6.24. The molecule has 5 rings (SSSR count). The minimum Gasteiger partial charge on any atom is -0.389 e. The molecule has 9 heteroatoms. The maximum Gasteiger partial charge on any atom is 0.223 e. The van der Waals surface area contributed by atoms with Crippen molar-refractivity contribution in [1.29, 1.82) is 5.26 Å². The quantitative estimate of drug-likeness (QED) is 0.781. The van der Waals surface area contributed by atoms with Crippen LogP contribution in [0.5, 0.6) is 0 Å². The number of aliphatic imine (C=N–C) groups is 1. The molecule has 3 heterocycles. The van der Waals surface area contributed by atoms with Gasteiger partial charge < -0.3 is 15.2 Å². The summed E-state index contributed by atoms with van der Waals surface area (Å²) in [5.41, 5.74) is 2.11. The fourth-order valence-corrected chi connectivity index (χ4v) is 4.57. The number of benzene rings is 1. The van der Waals surface area contributed by atoms with Gasteiger partial charge in [-0.2, -0.15) is 5.26 Å². The van der Waals surface area contributed by atoms with Crippen molar-refractivity contribution in [2.75, 3.05) is 18.5 Å². The van der Waals surface area contributed by atoms with Crippen molar-refractivity contribution in [3.05, 3.63) is 35.5 Å². The van der Waals surface area contributed by atoms with Gasteiger partial charge >= 0.3 is 0 Å². The van der Waals surface area contributed by atoms with E-state index in [9.17, 15) is 19.1 Å². The Morgan fingerprint density at radius 1 is 1.23 bits per heavy atom. The van der Waals surface area contributed by atoms with Gasteiger partial charge in [-0.15, -0.1) is 0 Å². The lowest BCUT2D eigenvalue weighted by atomic mass is 9.78. The number of aliphatic hydroxyl groups excluding tert-OH is 1. The van der Waals surface area contributed by atoms with E-state index in [0.717, 1.165) is 18.3 Å². The van der Waals surface area contributed by atoms with Crippen LogP contribution in [-0.4, -0.2) is 46.1 Å². The van der Waals surface area contributed by atoms with E-state index in [1.807, 2.05) is 0 Å². The first-order valence-corrected chi connectivity index (χ1v) is 10.4. The lowest BCUT2D eigenvalue weighted by molar-refractivity contribution is -0.0136. The molecular weight excluding hydrogens is 404 g/mol. The second kappa shape index (κ2) is 7.94. The molecular formula is C22H21F2N5O2. The van der Waals surface area contributed by atoms with E-state index in [0.29, 0.717) is 37.0 Å². The first kappa shape index (κ1) is 20.0. The van der Waals surface area contributed by atoms with E-state index in [2.05, 4.69) is 26.3 Å². The Morgan fingerprint density at radius 2 is 2.10 bits per heavy atom. The Kier molecular flexibility index (Phi) is 5.12. The number of anilines is 1. The lowest BCUT2D eigenvalue weighted by Gasteiger charge is -2.28. The summed E-state index contributed by atoms with van der Waals surface area (Å²) in [6.45, 7) is 0.696. The minimum absolute atomic E-state index is 0.0261. The molecule has 3 aliphatic rings. The van der Waals surface area contributed by atoms with Crippen molar-refractivity contribution in [2.24, 2.45) is 10.9 Å². The molecule has 1 saturated carbocycles. The van der Waals surface area contributed by atoms with Gasteiger partial charge in [-0.3, -0.25) is 4.99 Å². The highest BCUT2D eigenvalue weighted by Crippen LogP contribution is 2.46. The van der Waals surface area contributed by atoms with Crippen molar-refractivity contribution in [1.82, 2.24) is 9.97 Å². The van der Waals surface area contributed by atoms with Gasteiger partial charge in [0.25, 0.3) is 0 Å². The Balaban J connectivity index is 1.48. The van der Waals surface area contributed by atoms with Crippen LogP contribution in [0.4, 0.5) is 20.4 Å². The van der Waals surface area contributed by atoms with E-state index in [-0.39, 0.29) is 41.8 Å². The second-order valence-electron chi connectivity index (χ2n) is 8.22. The molecule has 4 atom stereocenters. The molecule has 2 fully saturated rings. The Bertz CT molecular complexity index is 1100. The highest BCUT2D eigenvalue weighted by molar-refractivity contribution is 5.99. The Hall–Kier alpha value is -2.96. The number of ether oxygens (including phenoxy) is 1. The molecule has 1 aromatic heterocycles. The van der Waals surface area contributed by atoms with Gasteiger partial charge in [0.15, 0.2) is 5.82 Å². The molecule has 2 aliphatic heterocycles. The lowest BCUT2D eigenvalue weighted by Crippen LogP contribution is -2.42. The third kappa shape index (κ3) is 3.66. The topological polar surface area (TPSA) is 103 Å². The summed E-state index contributed by atoms with van der Waals surface area (Å²) in [6, 6.07) is 4.94. The van der Waals surface area contributed by atoms with Crippen LogP contribution in [0.2, 0.25) is 0 Å². The number of aromatic nitrogens is 2. The predicted molar refractivity (Wildman–Crippen MR) is 109 cm³/mol. The van der Waals surface area contributed by atoms with Crippen LogP contribution in [0.1, 0.15) is 37.2 Å². The monoisotopic (exact) mass is 425 g/mol. The summed E-state index contributed by atoms with van der Waals surface area (Å²) >= 11 is 0. The first-order chi connectivity index (χ1) is 15.0. The molecule has 1 saturated heterocycles. The van der Waals surface area contributed by atoms with E-state index < -0.39 is 17.7 Å². The molecule has 2 aromatic rings. The number of rotatable bonds is 3. The molecule has 7 nitrogen and oxygen atoms in total. The van der Waals surface area contributed by atoms with Crippen molar-refractivity contribution in [2.45, 2.75) is 43.7 Å². The van der Waals surface area contributed by atoms with E-state index in [1.54, 1.807) is 6.07 Å². The number of nitrogens with one attached hydrogen (secondary N) is 1. The molecule has 2 unspecified atom stereocenters. The standard InChI is InChI=1S/C22H21F2N5O2/c23-15-7-12(6-14-13-5-11(8-25)1-2-17(13)27-21(14)15)20-16(24)9-26-22(29-20)28-18-3-4-31-10-19(18)30/h6-7,9,11,13,18-19,30H,1-5,10H2,(H,26,28,29)/t11?,13?,18-,19-/m1/s1.